The maximum atomic E-state index is 13.9. The number of carbonyl (C=O) groups excluding carboxylic acids is 3. The van der Waals surface area contributed by atoms with Crippen molar-refractivity contribution in [2.24, 2.45) is 17.8 Å². The number of nitrogens with zero attached hydrogens (tertiary/aromatic N) is 6. The molecule has 1 aliphatic carbocycles. The Balaban J connectivity index is 1.12. The summed E-state index contributed by atoms with van der Waals surface area (Å²) >= 11 is 0. The number of H-pyrrole nitrogens is 1. The second-order valence-corrected chi connectivity index (χ2v) is 15.4. The molecular weight excluding hydrogens is 670 g/mol. The minimum Gasteiger partial charge on any atom is -0.444 e. The van der Waals surface area contributed by atoms with Gasteiger partial charge in [-0.25, -0.2) is 9.78 Å². The number of hydrogen-bond acceptors (Lipinski definition) is 10. The van der Waals surface area contributed by atoms with Gasteiger partial charge in [-0.2, -0.15) is 5.21 Å². The Bertz CT molecular complexity index is 1810. The Kier molecular flexibility index (Phi) is 12.1. The molecule has 3 heterocycles. The van der Waals surface area contributed by atoms with Crippen LogP contribution in [0.1, 0.15) is 58.4 Å². The number of rotatable bonds is 12. The fourth-order valence-corrected chi connectivity index (χ4v) is 7.07. The van der Waals surface area contributed by atoms with E-state index in [0.717, 1.165) is 79.9 Å². The zero-order valence-electron chi connectivity index (χ0n) is 31.2. The van der Waals surface area contributed by atoms with E-state index in [1.807, 2.05) is 51.2 Å². The fourth-order valence-electron chi connectivity index (χ4n) is 7.07. The highest BCUT2D eigenvalue weighted by atomic mass is 16.6. The summed E-state index contributed by atoms with van der Waals surface area (Å²) in [6.07, 6.45) is 5.18. The van der Waals surface area contributed by atoms with Gasteiger partial charge in [0, 0.05) is 74.0 Å². The molecule has 0 radical (unpaired) electrons. The molecule has 6 rings (SSSR count). The van der Waals surface area contributed by atoms with Crippen LogP contribution in [0.25, 0.3) is 22.5 Å². The number of aromatic amines is 1. The molecule has 13 nitrogen and oxygen atoms in total. The summed E-state index contributed by atoms with van der Waals surface area (Å²) in [6.45, 7) is 9.99. The minimum atomic E-state index is -0.570. The number of likely N-dealkylation sites (N-methyl/N-ethyl adjacent to an activating group) is 1. The molecule has 0 unspecified atom stereocenters. The van der Waals surface area contributed by atoms with Gasteiger partial charge in [0.2, 0.25) is 11.7 Å². The quantitative estimate of drug-likeness (QED) is 0.164. The first-order chi connectivity index (χ1) is 25.5. The van der Waals surface area contributed by atoms with Gasteiger partial charge < -0.3 is 25.2 Å². The lowest BCUT2D eigenvalue weighted by atomic mass is 9.77. The van der Waals surface area contributed by atoms with E-state index in [2.05, 4.69) is 72.4 Å². The van der Waals surface area contributed by atoms with E-state index in [1.54, 1.807) is 12.1 Å². The zero-order chi connectivity index (χ0) is 37.4. The van der Waals surface area contributed by atoms with Crippen LogP contribution in [0.4, 0.5) is 16.3 Å². The van der Waals surface area contributed by atoms with Crippen LogP contribution >= 0.6 is 0 Å². The fraction of sp³-hybridized carbons (Fsp3) is 0.475. The number of pyridine rings is 1. The highest BCUT2D eigenvalue weighted by Gasteiger charge is 2.31. The average molecular weight is 722 g/mol. The van der Waals surface area contributed by atoms with E-state index < -0.39 is 17.6 Å². The summed E-state index contributed by atoms with van der Waals surface area (Å²) in [7, 11) is 2.14. The molecule has 280 valence electrons. The first-order valence-electron chi connectivity index (χ1n) is 18.6. The second kappa shape index (κ2) is 17.1. The molecule has 1 saturated heterocycles. The molecule has 13 heteroatoms. The third-order valence-corrected chi connectivity index (χ3v) is 10.1. The lowest BCUT2D eigenvalue weighted by Crippen LogP contribution is -2.44. The molecule has 2 fully saturated rings. The number of nitrogens with one attached hydrogen (secondary N) is 3. The van der Waals surface area contributed by atoms with Gasteiger partial charge >= 0.3 is 6.09 Å². The second-order valence-electron chi connectivity index (χ2n) is 15.4. The summed E-state index contributed by atoms with van der Waals surface area (Å²) in [5, 5.41) is 20.0. The lowest BCUT2D eigenvalue weighted by Gasteiger charge is -2.33. The number of alkyl carbamates (subject to hydrolysis) is 1. The van der Waals surface area contributed by atoms with E-state index in [9.17, 15) is 14.4 Å². The van der Waals surface area contributed by atoms with Crippen LogP contribution in [0.5, 0.6) is 0 Å². The Labute approximate surface area is 311 Å². The van der Waals surface area contributed by atoms with Crippen LogP contribution < -0.4 is 15.5 Å². The summed E-state index contributed by atoms with van der Waals surface area (Å²) in [6, 6.07) is 19.6. The standard InChI is InChI=1S/C40H51N9O4/c1-40(2,3)53-39(52)42-25-27-8-10-29(11-9-27)35(50)24-33(38(51)43-34-15-12-30(13-16-34)37-44-46-47-45-37)23-28-6-5-7-31(22-28)32-14-17-36(41-26-32)49-20-18-48(4)19-21-49/h5-7,12-17,22,26-27,29,33H,8-11,18-21,23-25H2,1-4H3,(H,42,52)(H,43,51)(H,44,45,46,47)/t27?,29?,33-/m1/s1. The summed E-state index contributed by atoms with van der Waals surface area (Å²) in [4.78, 5) is 49.3. The number of Topliss-reactive ketones (excluding diaryl/α,β-unsaturated/α-hetero) is 1. The number of aromatic nitrogens is 5. The molecule has 2 aromatic heterocycles. The van der Waals surface area contributed by atoms with Crippen LogP contribution in [-0.4, -0.2) is 93.7 Å². The van der Waals surface area contributed by atoms with E-state index >= 15 is 0 Å². The van der Waals surface area contributed by atoms with E-state index in [4.69, 9.17) is 9.72 Å². The highest BCUT2D eigenvalue weighted by Crippen LogP contribution is 2.32. The number of tetrazole rings is 1. The van der Waals surface area contributed by atoms with Crippen molar-refractivity contribution >= 4 is 29.3 Å². The highest BCUT2D eigenvalue weighted by molar-refractivity contribution is 5.96. The Hall–Kier alpha value is -5.17. The molecule has 0 spiro atoms. The van der Waals surface area contributed by atoms with Crippen molar-refractivity contribution in [3.05, 3.63) is 72.4 Å². The number of carbonyl (C=O) groups is 3. The molecule has 2 aromatic carbocycles. The van der Waals surface area contributed by atoms with Crippen molar-refractivity contribution in [2.75, 3.05) is 50.0 Å². The summed E-state index contributed by atoms with van der Waals surface area (Å²) in [5.74, 6) is 0.944. The normalized spacial score (nSPS) is 18.6. The molecule has 2 amide bonds. The molecule has 53 heavy (non-hydrogen) atoms. The smallest absolute Gasteiger partial charge is 0.407 e. The first kappa shape index (κ1) is 37.6. The van der Waals surface area contributed by atoms with Gasteiger partial charge in [0.05, 0.1) is 0 Å². The van der Waals surface area contributed by atoms with Crippen LogP contribution in [-0.2, 0) is 20.7 Å². The number of piperazine rings is 1. The molecular formula is C40H51N9O4. The van der Waals surface area contributed by atoms with Crippen LogP contribution in [0.15, 0.2) is 66.9 Å². The number of anilines is 2. The average Bonchev–Trinajstić information content (AvgIpc) is 3.69. The van der Waals surface area contributed by atoms with E-state index in [0.29, 0.717) is 24.5 Å². The topological polar surface area (TPSA) is 158 Å². The van der Waals surface area contributed by atoms with Crippen LogP contribution in [0.2, 0.25) is 0 Å². The van der Waals surface area contributed by atoms with Crippen molar-refractivity contribution < 1.29 is 19.1 Å². The Morgan fingerprint density at radius 1 is 0.925 bits per heavy atom. The van der Waals surface area contributed by atoms with Gasteiger partial charge in [-0.3, -0.25) is 9.59 Å². The maximum Gasteiger partial charge on any atom is 0.407 e. The monoisotopic (exact) mass is 721 g/mol. The molecule has 1 aliphatic heterocycles. The lowest BCUT2D eigenvalue weighted by molar-refractivity contribution is -0.129. The van der Waals surface area contributed by atoms with Gasteiger partial charge in [-0.15, -0.1) is 10.2 Å². The number of benzene rings is 2. The maximum absolute atomic E-state index is 13.9. The third-order valence-electron chi connectivity index (χ3n) is 10.1. The van der Waals surface area contributed by atoms with Crippen molar-refractivity contribution in [1.82, 2.24) is 35.8 Å². The van der Waals surface area contributed by atoms with Crippen LogP contribution in [0.3, 0.4) is 0 Å². The summed E-state index contributed by atoms with van der Waals surface area (Å²) < 4.78 is 5.37. The van der Waals surface area contributed by atoms with Gasteiger partial charge in [0.15, 0.2) is 0 Å². The number of ether oxygens (including phenoxy) is 1. The Morgan fingerprint density at radius 2 is 1.66 bits per heavy atom. The van der Waals surface area contributed by atoms with E-state index in [1.165, 1.54) is 0 Å². The molecule has 2 aliphatic rings. The van der Waals surface area contributed by atoms with Crippen molar-refractivity contribution in [3.8, 4) is 22.5 Å². The number of ketones is 1. The minimum absolute atomic E-state index is 0.107. The number of hydrogen-bond donors (Lipinski definition) is 3. The van der Waals surface area contributed by atoms with E-state index in [-0.39, 0.29) is 29.9 Å². The van der Waals surface area contributed by atoms with Gasteiger partial charge in [-0.1, -0.05) is 24.3 Å². The third kappa shape index (κ3) is 10.7. The predicted molar refractivity (Wildman–Crippen MR) is 204 cm³/mol. The summed E-state index contributed by atoms with van der Waals surface area (Å²) in [5.41, 5.74) is 3.83. The number of amides is 2. The molecule has 1 saturated carbocycles. The molecule has 1 atom stereocenters. The van der Waals surface area contributed by atoms with Crippen molar-refractivity contribution in [3.63, 3.8) is 0 Å². The SMILES string of the molecule is CN1CCN(c2ccc(-c3cccc(C[C@H](CC(=O)C4CCC(CNC(=O)OC(C)(C)C)CC4)C(=O)Nc4ccc(-c5nn[nH]n5)cc4)c3)cn2)CC1. The Morgan fingerprint density at radius 3 is 2.32 bits per heavy atom. The van der Waals surface area contributed by atoms with Gasteiger partial charge in [-0.05, 0) is 119 Å². The van der Waals surface area contributed by atoms with Gasteiger partial charge in [0.1, 0.15) is 17.2 Å². The molecule has 4 aromatic rings. The van der Waals surface area contributed by atoms with Gasteiger partial charge in [0.25, 0.3) is 0 Å². The van der Waals surface area contributed by atoms with Crippen molar-refractivity contribution in [2.45, 2.75) is 64.9 Å². The van der Waals surface area contributed by atoms with Crippen LogP contribution in [0, 0.1) is 17.8 Å². The first-order valence-corrected chi connectivity index (χ1v) is 18.6. The molecule has 3 N–H and O–H groups in total. The van der Waals surface area contributed by atoms with Crippen molar-refractivity contribution in [1.29, 1.82) is 0 Å². The predicted octanol–water partition coefficient (Wildman–Crippen LogP) is 5.77. The largest absolute Gasteiger partial charge is 0.444 e. The molecule has 0 bridgehead atoms. The zero-order valence-corrected chi connectivity index (χ0v) is 31.2.